The number of nitrogens with two attached hydrogens (primary N) is 1. The average Bonchev–Trinajstić information content (AvgIpc) is 2.64. The minimum atomic E-state index is -4.55. The van der Waals surface area contributed by atoms with E-state index in [4.69, 9.17) is 17.3 Å². The van der Waals surface area contributed by atoms with E-state index < -0.39 is 11.7 Å². The summed E-state index contributed by atoms with van der Waals surface area (Å²) in [4.78, 5) is 12.6. The molecule has 1 aromatic carbocycles. The summed E-state index contributed by atoms with van der Waals surface area (Å²) in [5, 5.41) is 2.48. The van der Waals surface area contributed by atoms with Crippen LogP contribution in [0.15, 0.2) is 24.5 Å². The number of benzene rings is 1. The number of halogens is 4. The van der Waals surface area contributed by atoms with Gasteiger partial charge >= 0.3 is 6.18 Å². The predicted octanol–water partition coefficient (Wildman–Crippen LogP) is 4.01. The lowest BCUT2D eigenvalue weighted by Crippen LogP contribution is -2.42. The molecular weight excluding hydrogens is 393 g/mol. The van der Waals surface area contributed by atoms with Crippen molar-refractivity contribution in [2.45, 2.75) is 25.1 Å². The normalized spacial score (nSPS) is 16.2. The number of nitrogens with zero attached hydrogens (tertiary/aromatic N) is 4. The van der Waals surface area contributed by atoms with Crippen molar-refractivity contribution in [1.82, 2.24) is 14.9 Å². The number of anilines is 4. The van der Waals surface area contributed by atoms with Crippen LogP contribution in [0.4, 0.5) is 36.2 Å². The Balaban J connectivity index is 1.84. The zero-order valence-corrected chi connectivity index (χ0v) is 16.3. The molecule has 1 aliphatic heterocycles. The molecule has 0 amide bonds. The maximum Gasteiger partial charge on any atom is 0.417 e. The van der Waals surface area contributed by atoms with Gasteiger partial charge in [-0.1, -0.05) is 11.6 Å². The lowest BCUT2D eigenvalue weighted by Gasteiger charge is -2.36. The third kappa shape index (κ3) is 4.41. The summed E-state index contributed by atoms with van der Waals surface area (Å²) < 4.78 is 39.2. The van der Waals surface area contributed by atoms with Crippen LogP contribution in [0, 0.1) is 0 Å². The van der Waals surface area contributed by atoms with Crippen LogP contribution >= 0.6 is 11.6 Å². The van der Waals surface area contributed by atoms with Gasteiger partial charge in [0.2, 0.25) is 0 Å². The maximum atomic E-state index is 13.1. The number of nitrogens with one attached hydrogen (secondary N) is 1. The fourth-order valence-electron chi connectivity index (χ4n) is 3.28. The highest BCUT2D eigenvalue weighted by Crippen LogP contribution is 2.37. The van der Waals surface area contributed by atoms with Crippen LogP contribution in [0.25, 0.3) is 0 Å². The van der Waals surface area contributed by atoms with Crippen LogP contribution in [0.2, 0.25) is 5.02 Å². The second-order valence-corrected chi connectivity index (χ2v) is 7.33. The quantitative estimate of drug-likeness (QED) is 0.787. The van der Waals surface area contributed by atoms with E-state index in [1.165, 1.54) is 18.5 Å². The van der Waals surface area contributed by atoms with E-state index >= 15 is 0 Å². The predicted molar refractivity (Wildman–Crippen MR) is 105 cm³/mol. The SMILES string of the molecule is CN1CCC(N(C)c2ncnc(Nc3ccc(Cl)c(C(F)(F)F)c3)c2N)CC1. The molecule has 1 fully saturated rings. The van der Waals surface area contributed by atoms with Crippen molar-refractivity contribution in [3.05, 3.63) is 35.1 Å². The summed E-state index contributed by atoms with van der Waals surface area (Å²) in [6.45, 7) is 1.96. The Kier molecular flexibility index (Phi) is 5.85. The van der Waals surface area contributed by atoms with Crippen LogP contribution in [-0.4, -0.2) is 48.1 Å². The molecule has 6 nitrogen and oxygen atoms in total. The summed E-state index contributed by atoms with van der Waals surface area (Å²) in [6.07, 6.45) is -1.25. The molecule has 3 N–H and O–H groups in total. The van der Waals surface area contributed by atoms with Crippen LogP contribution in [0.1, 0.15) is 18.4 Å². The summed E-state index contributed by atoms with van der Waals surface area (Å²) in [6, 6.07) is 3.85. The van der Waals surface area contributed by atoms with Crippen LogP contribution in [-0.2, 0) is 6.18 Å². The highest BCUT2D eigenvalue weighted by Gasteiger charge is 2.33. The first-order valence-electron chi connectivity index (χ1n) is 8.82. The van der Waals surface area contributed by atoms with Gasteiger partial charge in [0.1, 0.15) is 12.0 Å². The van der Waals surface area contributed by atoms with E-state index in [9.17, 15) is 13.2 Å². The van der Waals surface area contributed by atoms with Gasteiger partial charge in [0, 0.05) is 18.8 Å². The van der Waals surface area contributed by atoms with Gasteiger partial charge in [0.15, 0.2) is 11.6 Å². The van der Waals surface area contributed by atoms with Crippen molar-refractivity contribution in [3.8, 4) is 0 Å². The highest BCUT2D eigenvalue weighted by molar-refractivity contribution is 6.31. The zero-order valence-electron chi connectivity index (χ0n) is 15.6. The lowest BCUT2D eigenvalue weighted by molar-refractivity contribution is -0.137. The molecule has 28 heavy (non-hydrogen) atoms. The first kappa shape index (κ1) is 20.5. The van der Waals surface area contributed by atoms with E-state index in [1.54, 1.807) is 0 Å². The zero-order chi connectivity index (χ0) is 20.5. The smallest absolute Gasteiger partial charge is 0.393 e. The Morgan fingerprint density at radius 2 is 1.93 bits per heavy atom. The minimum absolute atomic E-state index is 0.190. The fraction of sp³-hybridized carbons (Fsp3) is 0.444. The van der Waals surface area contributed by atoms with E-state index in [-0.39, 0.29) is 28.3 Å². The molecule has 0 spiro atoms. The Hall–Kier alpha value is -2.26. The molecule has 0 aliphatic carbocycles. The molecule has 2 aromatic rings. The van der Waals surface area contributed by atoms with E-state index in [0.29, 0.717) is 5.82 Å². The number of likely N-dealkylation sites (tertiary alicyclic amines) is 1. The van der Waals surface area contributed by atoms with Crippen LogP contribution in [0.5, 0.6) is 0 Å². The van der Waals surface area contributed by atoms with Gasteiger partial charge in [-0.2, -0.15) is 13.2 Å². The molecule has 1 aromatic heterocycles. The standard InChI is InChI=1S/C18H22ClF3N6/c1-27-7-5-12(6-8-27)28(2)17-15(23)16(24-10-25-17)26-11-3-4-14(19)13(9-11)18(20,21)22/h3-4,9-10,12H,5-8,23H2,1-2H3,(H,24,25,26). The van der Waals surface area contributed by atoms with Crippen LogP contribution in [0.3, 0.4) is 0 Å². The number of hydrogen-bond acceptors (Lipinski definition) is 6. The van der Waals surface area contributed by atoms with Crippen molar-refractivity contribution < 1.29 is 13.2 Å². The van der Waals surface area contributed by atoms with E-state index in [0.717, 1.165) is 32.0 Å². The summed E-state index contributed by atoms with van der Waals surface area (Å²) >= 11 is 5.67. The number of rotatable bonds is 4. The van der Waals surface area contributed by atoms with Gasteiger partial charge in [-0.25, -0.2) is 9.97 Å². The van der Waals surface area contributed by atoms with Gasteiger partial charge in [-0.15, -0.1) is 0 Å². The number of nitrogen functional groups attached to an aromatic ring is 1. The molecule has 0 radical (unpaired) electrons. The van der Waals surface area contributed by atoms with Crippen molar-refractivity contribution in [2.24, 2.45) is 0 Å². The Labute approximate surface area is 166 Å². The molecule has 152 valence electrons. The summed E-state index contributed by atoms with van der Waals surface area (Å²) in [5.74, 6) is 0.803. The number of aromatic nitrogens is 2. The second kappa shape index (κ2) is 8.00. The largest absolute Gasteiger partial charge is 0.417 e. The molecule has 0 bridgehead atoms. The molecule has 3 rings (SSSR count). The molecule has 0 saturated carbocycles. The number of alkyl halides is 3. The Morgan fingerprint density at radius 3 is 2.57 bits per heavy atom. The summed E-state index contributed by atoms with van der Waals surface area (Å²) in [5.41, 5.74) is 5.79. The fourth-order valence-corrected chi connectivity index (χ4v) is 3.50. The van der Waals surface area contributed by atoms with Crippen molar-refractivity contribution in [2.75, 3.05) is 43.1 Å². The third-order valence-electron chi connectivity index (χ3n) is 4.97. The van der Waals surface area contributed by atoms with Gasteiger partial charge < -0.3 is 20.9 Å². The molecule has 1 aliphatic rings. The highest BCUT2D eigenvalue weighted by atomic mass is 35.5. The number of hydrogen-bond donors (Lipinski definition) is 2. The molecule has 10 heteroatoms. The molecular formula is C18H22ClF3N6. The molecule has 0 atom stereocenters. The minimum Gasteiger partial charge on any atom is -0.393 e. The third-order valence-corrected chi connectivity index (χ3v) is 5.30. The monoisotopic (exact) mass is 414 g/mol. The topological polar surface area (TPSA) is 70.3 Å². The van der Waals surface area contributed by atoms with Gasteiger partial charge in [-0.3, -0.25) is 0 Å². The second-order valence-electron chi connectivity index (χ2n) is 6.92. The molecule has 0 unspecified atom stereocenters. The summed E-state index contributed by atoms with van der Waals surface area (Å²) in [7, 11) is 4.00. The van der Waals surface area contributed by atoms with E-state index in [2.05, 4.69) is 27.2 Å². The van der Waals surface area contributed by atoms with Crippen LogP contribution < -0.4 is 16.0 Å². The maximum absolute atomic E-state index is 13.1. The first-order chi connectivity index (χ1) is 13.2. The van der Waals surface area contributed by atoms with Crippen molar-refractivity contribution in [3.63, 3.8) is 0 Å². The molecule has 2 heterocycles. The number of piperidine rings is 1. The first-order valence-corrected chi connectivity index (χ1v) is 9.20. The Bertz CT molecular complexity index is 837. The van der Waals surface area contributed by atoms with Gasteiger partial charge in [0.05, 0.1) is 10.6 Å². The molecule has 1 saturated heterocycles. The Morgan fingerprint density at radius 1 is 1.25 bits per heavy atom. The van der Waals surface area contributed by atoms with E-state index in [1.807, 2.05) is 11.9 Å². The van der Waals surface area contributed by atoms with Crippen molar-refractivity contribution in [1.29, 1.82) is 0 Å². The van der Waals surface area contributed by atoms with Crippen molar-refractivity contribution >= 4 is 34.6 Å². The van der Waals surface area contributed by atoms with Gasteiger partial charge in [0.25, 0.3) is 0 Å². The average molecular weight is 415 g/mol. The van der Waals surface area contributed by atoms with Gasteiger partial charge in [-0.05, 0) is 51.2 Å². The lowest BCUT2D eigenvalue weighted by atomic mass is 10.0.